The minimum absolute atomic E-state index is 0.0648. The number of rotatable bonds is 2. The maximum Gasteiger partial charge on any atom is 0.156 e. The fourth-order valence-corrected chi connectivity index (χ4v) is 1.17. The van der Waals surface area contributed by atoms with Crippen molar-refractivity contribution in [3.8, 4) is 5.75 Å². The summed E-state index contributed by atoms with van der Waals surface area (Å²) < 4.78 is 5.65. The smallest absolute Gasteiger partial charge is 0.156 e. The van der Waals surface area contributed by atoms with Crippen LogP contribution in [0.5, 0.6) is 5.75 Å². The van der Waals surface area contributed by atoms with E-state index in [-0.39, 0.29) is 5.60 Å². The molecule has 0 unspecified atom stereocenters. The Balaban J connectivity index is 2.04. The molecule has 0 saturated carbocycles. The summed E-state index contributed by atoms with van der Waals surface area (Å²) in [6.07, 6.45) is 4.85. The monoisotopic (exact) mass is 165 g/mol. The summed E-state index contributed by atoms with van der Waals surface area (Å²) in [7, 11) is 0. The second kappa shape index (κ2) is 2.71. The highest BCUT2D eigenvalue weighted by Crippen LogP contribution is 2.19. The van der Waals surface area contributed by atoms with Crippen molar-refractivity contribution in [2.75, 3.05) is 13.1 Å². The van der Waals surface area contributed by atoms with E-state index in [0.717, 1.165) is 18.8 Å². The minimum atomic E-state index is -0.0648. The third kappa shape index (κ3) is 1.38. The lowest BCUT2D eigenvalue weighted by Crippen LogP contribution is -2.61. The number of hydrogen-bond acceptors (Lipinski definition) is 4. The number of nitrogens with one attached hydrogen (secondary N) is 1. The van der Waals surface area contributed by atoms with Crippen LogP contribution in [0, 0.1) is 0 Å². The van der Waals surface area contributed by atoms with E-state index in [2.05, 4.69) is 22.2 Å². The fraction of sp³-hybridized carbons (Fsp3) is 0.500. The second-order valence-electron chi connectivity index (χ2n) is 3.23. The van der Waals surface area contributed by atoms with Crippen LogP contribution >= 0.6 is 0 Å². The van der Waals surface area contributed by atoms with Gasteiger partial charge in [0.15, 0.2) is 5.75 Å². The summed E-state index contributed by atoms with van der Waals surface area (Å²) in [5.41, 5.74) is -0.0648. The third-order valence-electron chi connectivity index (χ3n) is 1.90. The molecule has 4 nitrogen and oxygen atoms in total. The first-order valence-corrected chi connectivity index (χ1v) is 3.93. The van der Waals surface area contributed by atoms with Gasteiger partial charge in [-0.3, -0.25) is 0 Å². The lowest BCUT2D eigenvalue weighted by Gasteiger charge is -2.39. The van der Waals surface area contributed by atoms with E-state index < -0.39 is 0 Å². The number of nitrogens with zero attached hydrogens (tertiary/aromatic N) is 2. The SMILES string of the molecule is CC1(Oc2cncnc2)CNC1. The summed E-state index contributed by atoms with van der Waals surface area (Å²) in [6, 6.07) is 0. The van der Waals surface area contributed by atoms with Crippen LogP contribution in [-0.2, 0) is 0 Å². The largest absolute Gasteiger partial charge is 0.482 e. The Hall–Kier alpha value is -1.16. The standard InChI is InChI=1S/C8H11N3O/c1-8(4-11-5-8)12-7-2-9-6-10-3-7/h2-3,6,11H,4-5H2,1H3. The van der Waals surface area contributed by atoms with Gasteiger partial charge in [0.2, 0.25) is 0 Å². The lowest BCUT2D eigenvalue weighted by molar-refractivity contribution is 0.0341. The molecule has 2 rings (SSSR count). The van der Waals surface area contributed by atoms with Crippen LogP contribution in [0.25, 0.3) is 0 Å². The molecule has 0 spiro atoms. The van der Waals surface area contributed by atoms with E-state index in [9.17, 15) is 0 Å². The van der Waals surface area contributed by atoms with Gasteiger partial charge in [-0.05, 0) is 6.92 Å². The summed E-state index contributed by atoms with van der Waals surface area (Å²) in [6.45, 7) is 3.85. The van der Waals surface area contributed by atoms with Gasteiger partial charge in [-0.15, -0.1) is 0 Å². The van der Waals surface area contributed by atoms with E-state index in [1.165, 1.54) is 6.33 Å². The van der Waals surface area contributed by atoms with E-state index >= 15 is 0 Å². The minimum Gasteiger partial charge on any atom is -0.482 e. The molecule has 0 aliphatic carbocycles. The zero-order valence-corrected chi connectivity index (χ0v) is 6.95. The summed E-state index contributed by atoms with van der Waals surface area (Å²) >= 11 is 0. The van der Waals surface area contributed by atoms with Gasteiger partial charge < -0.3 is 10.1 Å². The molecule has 0 amide bonds. The molecule has 1 fully saturated rings. The van der Waals surface area contributed by atoms with Crippen LogP contribution in [0.2, 0.25) is 0 Å². The van der Waals surface area contributed by atoms with Crippen LogP contribution in [0.15, 0.2) is 18.7 Å². The van der Waals surface area contributed by atoms with Crippen molar-refractivity contribution in [1.82, 2.24) is 15.3 Å². The zero-order chi connectivity index (χ0) is 8.44. The van der Waals surface area contributed by atoms with Crippen LogP contribution in [0.1, 0.15) is 6.92 Å². The Morgan fingerprint density at radius 2 is 2.08 bits per heavy atom. The summed E-state index contributed by atoms with van der Waals surface area (Å²) in [4.78, 5) is 7.74. The predicted molar refractivity (Wildman–Crippen MR) is 43.9 cm³/mol. The highest BCUT2D eigenvalue weighted by Gasteiger charge is 2.33. The van der Waals surface area contributed by atoms with Gasteiger partial charge in [-0.25, -0.2) is 9.97 Å². The fourth-order valence-electron chi connectivity index (χ4n) is 1.17. The molecule has 1 aromatic rings. The van der Waals surface area contributed by atoms with Crippen molar-refractivity contribution >= 4 is 0 Å². The van der Waals surface area contributed by atoms with Crippen molar-refractivity contribution in [2.45, 2.75) is 12.5 Å². The van der Waals surface area contributed by atoms with Crippen molar-refractivity contribution in [2.24, 2.45) is 0 Å². The van der Waals surface area contributed by atoms with E-state index in [4.69, 9.17) is 4.74 Å². The summed E-state index contributed by atoms with van der Waals surface area (Å²) in [5, 5.41) is 3.16. The Labute approximate surface area is 71.0 Å². The molecule has 1 saturated heterocycles. The number of ether oxygens (including phenoxy) is 1. The molecule has 0 aromatic carbocycles. The molecule has 64 valence electrons. The molecule has 1 aromatic heterocycles. The molecule has 12 heavy (non-hydrogen) atoms. The van der Waals surface area contributed by atoms with Crippen molar-refractivity contribution in [3.63, 3.8) is 0 Å². The molecular weight excluding hydrogens is 154 g/mol. The van der Waals surface area contributed by atoms with Crippen LogP contribution < -0.4 is 10.1 Å². The first-order valence-electron chi connectivity index (χ1n) is 3.93. The van der Waals surface area contributed by atoms with Crippen molar-refractivity contribution in [3.05, 3.63) is 18.7 Å². The first-order chi connectivity index (χ1) is 5.79. The molecular formula is C8H11N3O. The van der Waals surface area contributed by atoms with Crippen LogP contribution in [0.4, 0.5) is 0 Å². The van der Waals surface area contributed by atoms with Gasteiger partial charge in [0.25, 0.3) is 0 Å². The first kappa shape index (κ1) is 7.49. The molecule has 2 heterocycles. The van der Waals surface area contributed by atoms with Gasteiger partial charge in [0.05, 0.1) is 12.4 Å². The van der Waals surface area contributed by atoms with Gasteiger partial charge in [0.1, 0.15) is 11.9 Å². The Bertz CT molecular complexity index is 258. The molecule has 1 aliphatic rings. The average Bonchev–Trinajstić information content (AvgIpc) is 2.04. The maximum absolute atomic E-state index is 5.65. The van der Waals surface area contributed by atoms with Gasteiger partial charge in [-0.1, -0.05) is 0 Å². The molecule has 0 radical (unpaired) electrons. The van der Waals surface area contributed by atoms with Crippen LogP contribution in [-0.4, -0.2) is 28.7 Å². The van der Waals surface area contributed by atoms with Crippen molar-refractivity contribution in [1.29, 1.82) is 0 Å². The Morgan fingerprint density at radius 1 is 1.42 bits per heavy atom. The van der Waals surface area contributed by atoms with Gasteiger partial charge in [0, 0.05) is 13.1 Å². The molecule has 0 bridgehead atoms. The highest BCUT2D eigenvalue weighted by molar-refractivity contribution is 5.13. The predicted octanol–water partition coefficient (Wildman–Crippen LogP) is 0.217. The highest BCUT2D eigenvalue weighted by atomic mass is 16.5. The second-order valence-corrected chi connectivity index (χ2v) is 3.23. The molecule has 0 atom stereocenters. The number of hydrogen-bond donors (Lipinski definition) is 1. The van der Waals surface area contributed by atoms with Gasteiger partial charge in [-0.2, -0.15) is 0 Å². The zero-order valence-electron chi connectivity index (χ0n) is 6.95. The maximum atomic E-state index is 5.65. The third-order valence-corrected chi connectivity index (χ3v) is 1.90. The normalized spacial score (nSPS) is 19.8. The van der Waals surface area contributed by atoms with E-state index in [0.29, 0.717) is 0 Å². The Morgan fingerprint density at radius 3 is 2.58 bits per heavy atom. The van der Waals surface area contributed by atoms with E-state index in [1.807, 2.05) is 0 Å². The van der Waals surface area contributed by atoms with Gasteiger partial charge >= 0.3 is 0 Å². The van der Waals surface area contributed by atoms with Crippen molar-refractivity contribution < 1.29 is 4.74 Å². The molecule has 1 aliphatic heterocycles. The Kier molecular flexibility index (Phi) is 1.69. The summed E-state index contributed by atoms with van der Waals surface area (Å²) in [5.74, 6) is 0.737. The number of aromatic nitrogens is 2. The topological polar surface area (TPSA) is 47.0 Å². The molecule has 4 heteroatoms. The average molecular weight is 165 g/mol. The molecule has 1 N–H and O–H groups in total. The lowest BCUT2D eigenvalue weighted by atomic mass is 10.0. The van der Waals surface area contributed by atoms with Crippen LogP contribution in [0.3, 0.4) is 0 Å². The van der Waals surface area contributed by atoms with E-state index in [1.54, 1.807) is 12.4 Å². The quantitative estimate of drug-likeness (QED) is 0.681.